The van der Waals surface area contributed by atoms with Gasteiger partial charge < -0.3 is 5.11 Å². The minimum absolute atomic E-state index is 0.309. The van der Waals surface area contributed by atoms with Gasteiger partial charge in [-0.15, -0.1) is 0 Å². The zero-order valence-corrected chi connectivity index (χ0v) is 10.7. The van der Waals surface area contributed by atoms with Crippen molar-refractivity contribution in [2.24, 2.45) is 7.05 Å². The predicted molar refractivity (Wildman–Crippen MR) is 69.9 cm³/mol. The van der Waals surface area contributed by atoms with Gasteiger partial charge in [-0.3, -0.25) is 14.8 Å². The average Bonchev–Trinajstić information content (AvgIpc) is 2.95. The van der Waals surface area contributed by atoms with Crippen molar-refractivity contribution in [3.8, 4) is 0 Å². The van der Waals surface area contributed by atoms with Crippen molar-refractivity contribution in [3.05, 3.63) is 35.1 Å². The van der Waals surface area contributed by atoms with Crippen LogP contribution >= 0.6 is 11.3 Å². The van der Waals surface area contributed by atoms with E-state index in [-0.39, 0.29) is 5.91 Å². The number of aryl methyl sites for hydroxylation is 1. The van der Waals surface area contributed by atoms with E-state index in [9.17, 15) is 9.59 Å². The number of anilines is 1. The highest BCUT2D eigenvalue weighted by molar-refractivity contribution is 7.16. The first-order valence-electron chi connectivity index (χ1n) is 5.21. The number of amides is 1. The van der Waals surface area contributed by atoms with E-state index in [1.54, 1.807) is 13.2 Å². The molecule has 0 fully saturated rings. The molecule has 0 unspecified atom stereocenters. The van der Waals surface area contributed by atoms with E-state index in [0.717, 1.165) is 6.08 Å². The Kier molecular flexibility index (Phi) is 3.71. The summed E-state index contributed by atoms with van der Waals surface area (Å²) >= 11 is 1.18. The largest absolute Gasteiger partial charge is 0.478 e. The van der Waals surface area contributed by atoms with Crippen molar-refractivity contribution in [2.75, 3.05) is 5.32 Å². The molecular weight excluding hydrogens is 268 g/mol. The molecule has 2 rings (SSSR count). The van der Waals surface area contributed by atoms with E-state index in [4.69, 9.17) is 5.11 Å². The van der Waals surface area contributed by atoms with Gasteiger partial charge in [-0.2, -0.15) is 5.10 Å². The number of thiazole rings is 1. The molecule has 7 nitrogen and oxygen atoms in total. The molecule has 1 amide bonds. The van der Waals surface area contributed by atoms with Gasteiger partial charge in [-0.25, -0.2) is 9.78 Å². The third-order valence-electron chi connectivity index (χ3n) is 2.10. The number of carbonyl (C=O) groups is 2. The molecule has 0 saturated carbocycles. The summed E-state index contributed by atoms with van der Waals surface area (Å²) in [7, 11) is 1.72. The Morgan fingerprint density at radius 1 is 1.47 bits per heavy atom. The maximum Gasteiger partial charge on any atom is 0.328 e. The maximum atomic E-state index is 11.8. The fraction of sp³-hybridized carbons (Fsp3) is 0.0909. The third-order valence-corrected chi connectivity index (χ3v) is 2.98. The van der Waals surface area contributed by atoms with E-state index >= 15 is 0 Å². The molecule has 2 heterocycles. The van der Waals surface area contributed by atoms with Gasteiger partial charge in [0.25, 0.3) is 5.91 Å². The molecule has 8 heteroatoms. The number of carboxylic acids is 1. The number of hydrogen-bond acceptors (Lipinski definition) is 5. The van der Waals surface area contributed by atoms with Gasteiger partial charge in [0.05, 0.1) is 11.8 Å². The molecular formula is C11H10N4O3S. The van der Waals surface area contributed by atoms with Crippen LogP contribution in [0.5, 0.6) is 0 Å². The van der Waals surface area contributed by atoms with Crippen LogP contribution in [-0.4, -0.2) is 31.7 Å². The second-order valence-electron chi connectivity index (χ2n) is 3.60. The molecule has 19 heavy (non-hydrogen) atoms. The number of nitrogens with zero attached hydrogens (tertiary/aromatic N) is 3. The number of hydrogen-bond donors (Lipinski definition) is 2. The number of rotatable bonds is 4. The minimum atomic E-state index is -1.03. The van der Waals surface area contributed by atoms with Gasteiger partial charge in [-0.1, -0.05) is 11.3 Å². The number of aliphatic carboxylic acids is 1. The summed E-state index contributed by atoms with van der Waals surface area (Å²) in [4.78, 5) is 26.8. The standard InChI is InChI=1S/C11H10N4O3S/c1-15-6-7(4-13-15)10(18)14-11-12-5-8(19-11)2-3-9(16)17/h2-6H,1H3,(H,16,17)(H,12,14,18)/b3-2+. The summed E-state index contributed by atoms with van der Waals surface area (Å²) in [5.41, 5.74) is 0.431. The first-order chi connectivity index (χ1) is 9.04. The molecule has 2 aromatic heterocycles. The zero-order valence-electron chi connectivity index (χ0n) is 9.90. The van der Waals surface area contributed by atoms with Crippen molar-refractivity contribution in [2.45, 2.75) is 0 Å². The highest BCUT2D eigenvalue weighted by Crippen LogP contribution is 2.19. The van der Waals surface area contributed by atoms with E-state index < -0.39 is 5.97 Å². The Hall–Kier alpha value is -2.48. The molecule has 0 aliphatic rings. The lowest BCUT2D eigenvalue weighted by Crippen LogP contribution is -2.10. The summed E-state index contributed by atoms with van der Waals surface area (Å²) in [6.07, 6.45) is 6.96. The number of aromatic nitrogens is 3. The molecule has 0 aromatic carbocycles. The van der Waals surface area contributed by atoms with Crippen molar-refractivity contribution >= 4 is 34.4 Å². The smallest absolute Gasteiger partial charge is 0.328 e. The summed E-state index contributed by atoms with van der Waals surface area (Å²) in [5, 5.41) is 15.4. The average molecular weight is 278 g/mol. The first kappa shape index (κ1) is 13.0. The molecule has 0 spiro atoms. The SMILES string of the molecule is Cn1cc(C(=O)Nc2ncc(/C=C/C(=O)O)s2)cn1. The van der Waals surface area contributed by atoms with Crippen LogP contribution in [0.15, 0.2) is 24.7 Å². The van der Waals surface area contributed by atoms with Crippen LogP contribution in [0.4, 0.5) is 5.13 Å². The Morgan fingerprint density at radius 3 is 2.89 bits per heavy atom. The Morgan fingerprint density at radius 2 is 2.26 bits per heavy atom. The second-order valence-corrected chi connectivity index (χ2v) is 4.66. The Balaban J connectivity index is 2.04. The summed E-state index contributed by atoms with van der Waals surface area (Å²) in [6, 6.07) is 0. The van der Waals surface area contributed by atoms with Gasteiger partial charge in [-0.05, 0) is 6.08 Å². The molecule has 98 valence electrons. The summed E-state index contributed by atoms with van der Waals surface area (Å²) in [5.74, 6) is -1.34. The molecule has 0 radical (unpaired) electrons. The van der Waals surface area contributed by atoms with E-state index in [2.05, 4.69) is 15.4 Å². The maximum absolute atomic E-state index is 11.8. The van der Waals surface area contributed by atoms with Crippen LogP contribution in [0.3, 0.4) is 0 Å². The highest BCUT2D eigenvalue weighted by Gasteiger charge is 2.10. The summed E-state index contributed by atoms with van der Waals surface area (Å²) in [6.45, 7) is 0. The molecule has 2 N–H and O–H groups in total. The van der Waals surface area contributed by atoms with Gasteiger partial charge in [0.2, 0.25) is 0 Å². The highest BCUT2D eigenvalue weighted by atomic mass is 32.1. The fourth-order valence-corrected chi connectivity index (χ4v) is 2.00. The van der Waals surface area contributed by atoms with Crippen molar-refractivity contribution in [3.63, 3.8) is 0 Å². The normalized spacial score (nSPS) is 10.8. The third kappa shape index (κ3) is 3.49. The monoisotopic (exact) mass is 278 g/mol. The quantitative estimate of drug-likeness (QED) is 0.820. The first-order valence-corrected chi connectivity index (χ1v) is 6.03. The van der Waals surface area contributed by atoms with Crippen molar-refractivity contribution in [1.29, 1.82) is 0 Å². The van der Waals surface area contributed by atoms with Crippen LogP contribution in [0.2, 0.25) is 0 Å². The molecule has 2 aromatic rings. The lowest BCUT2D eigenvalue weighted by atomic mass is 10.3. The zero-order chi connectivity index (χ0) is 13.8. The molecule has 0 atom stereocenters. The lowest BCUT2D eigenvalue weighted by molar-refractivity contribution is -0.131. The van der Waals surface area contributed by atoms with Crippen LogP contribution in [0.25, 0.3) is 6.08 Å². The van der Waals surface area contributed by atoms with Crippen LogP contribution < -0.4 is 5.32 Å². The topological polar surface area (TPSA) is 97.1 Å². The summed E-state index contributed by atoms with van der Waals surface area (Å²) < 4.78 is 1.53. The van der Waals surface area contributed by atoms with E-state index in [0.29, 0.717) is 15.6 Å². The van der Waals surface area contributed by atoms with Gasteiger partial charge in [0, 0.05) is 30.4 Å². The lowest BCUT2D eigenvalue weighted by Gasteiger charge is -1.96. The predicted octanol–water partition coefficient (Wildman–Crippen LogP) is 1.23. The Labute approximate surface area is 112 Å². The fourth-order valence-electron chi connectivity index (χ4n) is 1.28. The van der Waals surface area contributed by atoms with Gasteiger partial charge >= 0.3 is 5.97 Å². The molecule has 0 aliphatic heterocycles. The second kappa shape index (κ2) is 5.44. The van der Waals surface area contributed by atoms with Gasteiger partial charge in [0.1, 0.15) is 0 Å². The minimum Gasteiger partial charge on any atom is -0.478 e. The van der Waals surface area contributed by atoms with Crippen LogP contribution in [0.1, 0.15) is 15.2 Å². The number of carboxylic acid groups (broad SMARTS) is 1. The van der Waals surface area contributed by atoms with Crippen molar-refractivity contribution < 1.29 is 14.7 Å². The van der Waals surface area contributed by atoms with Crippen molar-refractivity contribution in [1.82, 2.24) is 14.8 Å². The van der Waals surface area contributed by atoms with E-state index in [1.807, 2.05) is 0 Å². The number of carbonyl (C=O) groups excluding carboxylic acids is 1. The van der Waals surface area contributed by atoms with Crippen LogP contribution in [-0.2, 0) is 11.8 Å². The Bertz CT molecular complexity index is 644. The van der Waals surface area contributed by atoms with Crippen LogP contribution in [0, 0.1) is 0 Å². The molecule has 0 saturated heterocycles. The van der Waals surface area contributed by atoms with E-state index in [1.165, 1.54) is 34.5 Å². The molecule has 0 bridgehead atoms. The molecule has 0 aliphatic carbocycles. The van der Waals surface area contributed by atoms with Gasteiger partial charge in [0.15, 0.2) is 5.13 Å². The number of nitrogens with one attached hydrogen (secondary N) is 1.